The van der Waals surface area contributed by atoms with Crippen LogP contribution in [-0.2, 0) is 6.54 Å². The van der Waals surface area contributed by atoms with Gasteiger partial charge in [0.15, 0.2) is 5.65 Å². The maximum absolute atomic E-state index is 6.42. The first kappa shape index (κ1) is 20.2. The lowest BCUT2D eigenvalue weighted by Gasteiger charge is -2.32. The minimum Gasteiger partial charge on any atom is -0.468 e. The smallest absolute Gasteiger partial charge is 0.150 e. The van der Waals surface area contributed by atoms with Crippen molar-refractivity contribution in [3.05, 3.63) is 65.7 Å². The van der Waals surface area contributed by atoms with Crippen LogP contribution in [0.4, 0.5) is 5.82 Å². The largest absolute Gasteiger partial charge is 0.468 e. The fraction of sp³-hybridized carbons (Fsp3) is 0.304. The Hall–Kier alpha value is -2.77. The lowest BCUT2D eigenvalue weighted by molar-refractivity contribution is 0.162. The van der Waals surface area contributed by atoms with E-state index in [0.29, 0.717) is 22.1 Å². The zero-order chi connectivity index (χ0) is 21.2. The van der Waals surface area contributed by atoms with Gasteiger partial charge in [0, 0.05) is 35.9 Å². The predicted octanol–water partition coefficient (Wildman–Crippen LogP) is 3.76. The van der Waals surface area contributed by atoms with Gasteiger partial charge in [0.05, 0.1) is 18.5 Å². The van der Waals surface area contributed by atoms with Crippen molar-refractivity contribution >= 4 is 36.4 Å². The van der Waals surface area contributed by atoms with Crippen molar-refractivity contribution in [3.63, 3.8) is 0 Å². The van der Waals surface area contributed by atoms with E-state index in [4.69, 9.17) is 28.8 Å². The summed E-state index contributed by atoms with van der Waals surface area (Å²) in [6, 6.07) is 13.7. The second kappa shape index (κ2) is 8.77. The molecular formula is C23H23BClN5O. The van der Waals surface area contributed by atoms with Gasteiger partial charge in [-0.05, 0) is 49.0 Å². The Morgan fingerprint density at radius 2 is 2.13 bits per heavy atom. The zero-order valence-corrected chi connectivity index (χ0v) is 17.9. The number of likely N-dealkylation sites (tertiary alicyclic amines) is 1. The van der Waals surface area contributed by atoms with Crippen molar-refractivity contribution < 1.29 is 4.42 Å². The van der Waals surface area contributed by atoms with Gasteiger partial charge in [-0.15, -0.1) is 0 Å². The summed E-state index contributed by atoms with van der Waals surface area (Å²) < 4.78 is 7.28. The van der Waals surface area contributed by atoms with Gasteiger partial charge in [0.1, 0.15) is 19.4 Å². The summed E-state index contributed by atoms with van der Waals surface area (Å²) in [5.74, 6) is 2.41. The lowest BCUT2D eigenvalue weighted by Crippen LogP contribution is -2.37. The Kier molecular flexibility index (Phi) is 5.70. The molecule has 0 bridgehead atoms. The summed E-state index contributed by atoms with van der Waals surface area (Å²) in [7, 11) is 6.13. The molecule has 1 N–H and O–H groups in total. The first-order chi connectivity index (χ1) is 15.2. The van der Waals surface area contributed by atoms with Crippen LogP contribution in [0, 0.1) is 5.92 Å². The Morgan fingerprint density at radius 3 is 2.97 bits per heavy atom. The Balaban J connectivity index is 1.35. The van der Waals surface area contributed by atoms with E-state index in [0.717, 1.165) is 49.0 Å². The predicted molar refractivity (Wildman–Crippen MR) is 124 cm³/mol. The molecule has 1 saturated heterocycles. The second-order valence-electron chi connectivity index (χ2n) is 8.05. The van der Waals surface area contributed by atoms with Gasteiger partial charge in [-0.3, -0.25) is 4.90 Å². The van der Waals surface area contributed by atoms with Gasteiger partial charge in [0.2, 0.25) is 0 Å². The molecule has 31 heavy (non-hydrogen) atoms. The van der Waals surface area contributed by atoms with Crippen LogP contribution in [0.2, 0.25) is 5.02 Å². The standard InChI is InChI=1S/C23H23BClN5O/c24-19-13-27-30-22(11-21(28-23(19)30)18-7-1-2-8-20(18)25)26-12-16-5-3-9-29(14-16)15-17-6-4-10-31-17/h1-2,4,6-8,10-11,13,16,26H,3,5,9,12,14-15H2. The number of rotatable bonds is 6. The van der Waals surface area contributed by atoms with Crippen molar-refractivity contribution in [2.24, 2.45) is 5.92 Å². The Morgan fingerprint density at radius 1 is 1.23 bits per heavy atom. The molecule has 6 nitrogen and oxygen atoms in total. The average molecular weight is 432 g/mol. The highest BCUT2D eigenvalue weighted by molar-refractivity contribution is 6.36. The molecule has 3 aromatic heterocycles. The summed E-state index contributed by atoms with van der Waals surface area (Å²) in [5, 5.41) is 8.66. The molecule has 4 heterocycles. The number of hydrogen-bond acceptors (Lipinski definition) is 5. The maximum atomic E-state index is 6.42. The highest BCUT2D eigenvalue weighted by Gasteiger charge is 2.21. The molecular weight excluding hydrogens is 409 g/mol. The van der Waals surface area contributed by atoms with Gasteiger partial charge in [-0.1, -0.05) is 29.8 Å². The molecule has 1 atom stereocenters. The van der Waals surface area contributed by atoms with E-state index < -0.39 is 0 Å². The van der Waals surface area contributed by atoms with Crippen molar-refractivity contribution in [2.45, 2.75) is 19.4 Å². The normalized spacial score (nSPS) is 17.3. The number of piperidine rings is 1. The molecule has 5 rings (SSSR count). The summed E-state index contributed by atoms with van der Waals surface area (Å²) >= 11 is 6.42. The number of halogens is 1. The fourth-order valence-corrected chi connectivity index (χ4v) is 4.48. The van der Waals surface area contributed by atoms with Gasteiger partial charge in [0.25, 0.3) is 0 Å². The maximum Gasteiger partial charge on any atom is 0.150 e. The molecule has 1 aliphatic rings. The van der Waals surface area contributed by atoms with Crippen molar-refractivity contribution in [3.8, 4) is 11.3 Å². The van der Waals surface area contributed by atoms with E-state index >= 15 is 0 Å². The molecule has 1 fully saturated rings. The van der Waals surface area contributed by atoms with E-state index in [1.165, 1.54) is 12.8 Å². The SMILES string of the molecule is [B]c1cnn2c(NCC3CCCN(Cc4ccco4)C3)cc(-c3ccccc3Cl)nc12. The number of benzene rings is 1. The number of hydrogen-bond donors (Lipinski definition) is 1. The third kappa shape index (κ3) is 4.34. The average Bonchev–Trinajstić information content (AvgIpc) is 3.43. The van der Waals surface area contributed by atoms with Gasteiger partial charge < -0.3 is 9.73 Å². The van der Waals surface area contributed by atoms with Crippen LogP contribution in [0.3, 0.4) is 0 Å². The molecule has 2 radical (unpaired) electrons. The van der Waals surface area contributed by atoms with Gasteiger partial charge in [-0.25, -0.2) is 4.98 Å². The summed E-state index contributed by atoms with van der Waals surface area (Å²) in [4.78, 5) is 7.16. The molecule has 1 unspecified atom stereocenters. The number of nitrogens with zero attached hydrogens (tertiary/aromatic N) is 4. The molecule has 8 heteroatoms. The van der Waals surface area contributed by atoms with Gasteiger partial charge in [-0.2, -0.15) is 9.61 Å². The van der Waals surface area contributed by atoms with Crippen LogP contribution < -0.4 is 10.8 Å². The van der Waals surface area contributed by atoms with Crippen molar-refractivity contribution in [2.75, 3.05) is 25.0 Å². The Bertz CT molecular complexity index is 1180. The molecule has 156 valence electrons. The quantitative estimate of drug-likeness (QED) is 0.471. The lowest BCUT2D eigenvalue weighted by atomic mass is 9.98. The Labute approximate surface area is 187 Å². The molecule has 0 aliphatic carbocycles. The number of fused-ring (bicyclic) bond motifs is 1. The van der Waals surface area contributed by atoms with Crippen molar-refractivity contribution in [1.29, 1.82) is 0 Å². The van der Waals surface area contributed by atoms with Crippen LogP contribution in [0.1, 0.15) is 18.6 Å². The number of aromatic nitrogens is 3. The molecule has 1 aromatic carbocycles. The minimum absolute atomic E-state index is 0.531. The number of anilines is 1. The fourth-order valence-electron chi connectivity index (χ4n) is 4.25. The second-order valence-corrected chi connectivity index (χ2v) is 8.45. The third-order valence-electron chi connectivity index (χ3n) is 5.78. The molecule has 1 aliphatic heterocycles. The number of furan rings is 1. The van der Waals surface area contributed by atoms with Crippen LogP contribution in [-0.4, -0.2) is 47.0 Å². The van der Waals surface area contributed by atoms with Crippen LogP contribution in [0.25, 0.3) is 16.9 Å². The van der Waals surface area contributed by atoms with Crippen molar-refractivity contribution in [1.82, 2.24) is 19.5 Å². The third-order valence-corrected chi connectivity index (χ3v) is 6.11. The first-order valence-corrected chi connectivity index (χ1v) is 10.9. The van der Waals surface area contributed by atoms with Gasteiger partial charge >= 0.3 is 0 Å². The highest BCUT2D eigenvalue weighted by atomic mass is 35.5. The summed E-state index contributed by atoms with van der Waals surface area (Å²) in [6.45, 7) is 3.83. The minimum atomic E-state index is 0.531. The van der Waals surface area contributed by atoms with E-state index in [9.17, 15) is 0 Å². The zero-order valence-electron chi connectivity index (χ0n) is 17.2. The topological polar surface area (TPSA) is 58.6 Å². The van der Waals surface area contributed by atoms with E-state index in [-0.39, 0.29) is 0 Å². The molecule has 0 saturated carbocycles. The van der Waals surface area contributed by atoms with E-state index in [2.05, 4.69) is 15.3 Å². The molecule has 0 amide bonds. The molecule has 4 aromatic rings. The highest BCUT2D eigenvalue weighted by Crippen LogP contribution is 2.28. The van der Waals surface area contributed by atoms with Crippen LogP contribution >= 0.6 is 11.6 Å². The first-order valence-electron chi connectivity index (χ1n) is 10.5. The number of nitrogens with one attached hydrogen (secondary N) is 1. The van der Waals surface area contributed by atoms with E-state index in [1.54, 1.807) is 17.0 Å². The summed E-state index contributed by atoms with van der Waals surface area (Å²) in [6.07, 6.45) is 5.74. The molecule has 0 spiro atoms. The summed E-state index contributed by atoms with van der Waals surface area (Å²) in [5.41, 5.74) is 2.82. The van der Waals surface area contributed by atoms with Crippen LogP contribution in [0.15, 0.2) is 59.3 Å². The monoisotopic (exact) mass is 431 g/mol. The van der Waals surface area contributed by atoms with Crippen LogP contribution in [0.5, 0.6) is 0 Å². The van der Waals surface area contributed by atoms with E-state index in [1.807, 2.05) is 42.5 Å².